The molecule has 2 N–H and O–H groups in total. The molecule has 0 fully saturated rings. The van der Waals surface area contributed by atoms with Crippen LogP contribution in [0.25, 0.3) is 10.4 Å². The average Bonchev–Trinajstić information content (AvgIpc) is 2.77. The van der Waals surface area contributed by atoms with Gasteiger partial charge in [-0.05, 0) is 17.2 Å². The van der Waals surface area contributed by atoms with Gasteiger partial charge < -0.3 is 5.73 Å². The minimum Gasteiger partial charge on any atom is -0.326 e. The van der Waals surface area contributed by atoms with Gasteiger partial charge in [0.05, 0.1) is 4.88 Å². The van der Waals surface area contributed by atoms with Crippen molar-refractivity contribution in [3.63, 3.8) is 0 Å². The fourth-order valence-corrected chi connectivity index (χ4v) is 2.44. The Hall–Kier alpha value is -1.11. The summed E-state index contributed by atoms with van der Waals surface area (Å²) in [5.74, 6) is 0. The van der Waals surface area contributed by atoms with Crippen LogP contribution in [0, 0.1) is 0 Å². The lowest BCUT2D eigenvalue weighted by molar-refractivity contribution is -0.137. The van der Waals surface area contributed by atoms with E-state index < -0.39 is 11.2 Å². The summed E-state index contributed by atoms with van der Waals surface area (Å²) in [6, 6.07) is 4.98. The van der Waals surface area contributed by atoms with Crippen LogP contribution in [0.5, 0.6) is 0 Å². The van der Waals surface area contributed by atoms with E-state index in [1.165, 1.54) is 6.20 Å². The second-order valence-electron chi connectivity index (χ2n) is 3.54. The Morgan fingerprint density at radius 1 is 1.33 bits per heavy atom. The number of thiazole rings is 1. The molecule has 1 aromatic carbocycles. The summed E-state index contributed by atoms with van der Waals surface area (Å²) in [7, 11) is 0. The molecule has 0 amide bonds. The third-order valence-corrected chi connectivity index (χ3v) is 3.75. The molecule has 0 radical (unpaired) electrons. The van der Waals surface area contributed by atoms with Crippen LogP contribution in [-0.2, 0) is 12.7 Å². The van der Waals surface area contributed by atoms with Crippen LogP contribution < -0.4 is 5.73 Å². The highest BCUT2D eigenvalue weighted by Crippen LogP contribution is 2.37. The first-order valence-corrected chi connectivity index (χ1v) is 6.13. The standard InChI is InChI=1S/C11H8ClF3N2S/c12-8-3-6(1-2-7(8)4-16)9-5-17-10(18-9)11(13,14)15/h1-3,5H,4,16H2. The maximum atomic E-state index is 12.4. The largest absolute Gasteiger partial charge is 0.443 e. The van der Waals surface area contributed by atoms with E-state index in [4.69, 9.17) is 17.3 Å². The van der Waals surface area contributed by atoms with Gasteiger partial charge in [-0.15, -0.1) is 11.3 Å². The van der Waals surface area contributed by atoms with E-state index in [-0.39, 0.29) is 6.54 Å². The summed E-state index contributed by atoms with van der Waals surface area (Å²) >= 11 is 6.55. The highest BCUT2D eigenvalue weighted by atomic mass is 35.5. The Morgan fingerprint density at radius 3 is 2.56 bits per heavy atom. The van der Waals surface area contributed by atoms with Crippen molar-refractivity contribution in [3.05, 3.63) is 40.0 Å². The van der Waals surface area contributed by atoms with Crippen molar-refractivity contribution in [3.8, 4) is 10.4 Å². The second kappa shape index (κ2) is 4.87. The van der Waals surface area contributed by atoms with E-state index in [2.05, 4.69) is 4.98 Å². The molecule has 0 aliphatic rings. The van der Waals surface area contributed by atoms with Gasteiger partial charge in [0.1, 0.15) is 0 Å². The van der Waals surface area contributed by atoms with Gasteiger partial charge in [0, 0.05) is 17.8 Å². The van der Waals surface area contributed by atoms with Gasteiger partial charge in [0.25, 0.3) is 0 Å². The fraction of sp³-hybridized carbons (Fsp3) is 0.182. The highest BCUT2D eigenvalue weighted by molar-refractivity contribution is 7.15. The van der Waals surface area contributed by atoms with Crippen molar-refractivity contribution in [1.82, 2.24) is 4.98 Å². The number of nitrogens with zero attached hydrogens (tertiary/aromatic N) is 1. The zero-order valence-electron chi connectivity index (χ0n) is 8.96. The highest BCUT2D eigenvalue weighted by Gasteiger charge is 2.34. The molecule has 1 aromatic heterocycles. The molecule has 96 valence electrons. The number of benzene rings is 1. The summed E-state index contributed by atoms with van der Waals surface area (Å²) in [4.78, 5) is 3.79. The molecule has 0 aliphatic heterocycles. The van der Waals surface area contributed by atoms with Crippen LogP contribution >= 0.6 is 22.9 Å². The number of hydrogen-bond acceptors (Lipinski definition) is 3. The summed E-state index contributed by atoms with van der Waals surface area (Å²) in [5, 5.41) is -0.423. The number of aromatic nitrogens is 1. The molecule has 7 heteroatoms. The molecule has 0 unspecified atom stereocenters. The molecule has 18 heavy (non-hydrogen) atoms. The predicted octanol–water partition coefficient (Wildman–Crippen LogP) is 3.94. The van der Waals surface area contributed by atoms with Crippen molar-refractivity contribution < 1.29 is 13.2 Å². The predicted molar refractivity (Wildman–Crippen MR) is 65.5 cm³/mol. The molecule has 2 rings (SSSR count). The van der Waals surface area contributed by atoms with Crippen molar-refractivity contribution >= 4 is 22.9 Å². The average molecular weight is 293 g/mol. The number of rotatable bonds is 2. The molecule has 0 atom stereocenters. The van der Waals surface area contributed by atoms with Crippen molar-refractivity contribution in [1.29, 1.82) is 0 Å². The lowest BCUT2D eigenvalue weighted by atomic mass is 10.1. The first-order valence-electron chi connectivity index (χ1n) is 4.93. The van der Waals surface area contributed by atoms with Crippen molar-refractivity contribution in [2.45, 2.75) is 12.7 Å². The Morgan fingerprint density at radius 2 is 2.06 bits per heavy atom. The third-order valence-electron chi connectivity index (χ3n) is 2.31. The van der Waals surface area contributed by atoms with Crippen molar-refractivity contribution in [2.75, 3.05) is 0 Å². The molecule has 0 aliphatic carbocycles. The molecule has 1 heterocycles. The summed E-state index contributed by atoms with van der Waals surface area (Å²) in [5.41, 5.74) is 6.81. The van der Waals surface area contributed by atoms with Crippen LogP contribution in [0.4, 0.5) is 13.2 Å². The Labute approximate surface area is 110 Å². The number of nitrogens with two attached hydrogens (primary N) is 1. The maximum Gasteiger partial charge on any atom is 0.443 e. The topological polar surface area (TPSA) is 38.9 Å². The van der Waals surface area contributed by atoms with E-state index in [1.807, 2.05) is 0 Å². The van der Waals surface area contributed by atoms with Crippen LogP contribution in [0.2, 0.25) is 5.02 Å². The number of hydrogen-bond donors (Lipinski definition) is 1. The zero-order valence-corrected chi connectivity index (χ0v) is 10.5. The molecule has 2 nitrogen and oxygen atoms in total. The minimum absolute atomic E-state index is 0.287. The molecular weight excluding hydrogens is 285 g/mol. The summed E-state index contributed by atoms with van der Waals surface area (Å²) in [6.45, 7) is 0.287. The monoisotopic (exact) mass is 292 g/mol. The van der Waals surface area contributed by atoms with Crippen LogP contribution in [0.3, 0.4) is 0 Å². The van der Waals surface area contributed by atoms with E-state index >= 15 is 0 Å². The Kier molecular flexibility index (Phi) is 3.61. The van der Waals surface area contributed by atoms with Crippen LogP contribution in [-0.4, -0.2) is 4.98 Å². The lowest BCUT2D eigenvalue weighted by Gasteiger charge is -2.03. The van der Waals surface area contributed by atoms with E-state index in [1.54, 1.807) is 18.2 Å². The number of alkyl halides is 3. The Bertz CT molecular complexity index is 566. The van der Waals surface area contributed by atoms with E-state index in [9.17, 15) is 13.2 Å². The van der Waals surface area contributed by atoms with E-state index in [0.29, 0.717) is 26.8 Å². The summed E-state index contributed by atoms with van der Waals surface area (Å²) < 4.78 is 37.3. The lowest BCUT2D eigenvalue weighted by Crippen LogP contribution is -2.02. The maximum absolute atomic E-state index is 12.4. The number of halogens is 4. The first kappa shape index (κ1) is 13.3. The Balaban J connectivity index is 2.38. The van der Waals surface area contributed by atoms with Crippen molar-refractivity contribution in [2.24, 2.45) is 5.73 Å². The molecule has 0 saturated heterocycles. The van der Waals surface area contributed by atoms with Gasteiger partial charge in [0.2, 0.25) is 0 Å². The molecule has 0 spiro atoms. The summed E-state index contributed by atoms with van der Waals surface area (Å²) in [6.07, 6.45) is -3.22. The van der Waals surface area contributed by atoms with Gasteiger partial charge in [-0.2, -0.15) is 13.2 Å². The van der Waals surface area contributed by atoms with Gasteiger partial charge in [-0.3, -0.25) is 0 Å². The molecule has 0 bridgehead atoms. The minimum atomic E-state index is -4.41. The van der Waals surface area contributed by atoms with Gasteiger partial charge in [0.15, 0.2) is 5.01 Å². The molecule has 0 saturated carbocycles. The van der Waals surface area contributed by atoms with Gasteiger partial charge in [-0.25, -0.2) is 4.98 Å². The fourth-order valence-electron chi connectivity index (χ4n) is 1.40. The van der Waals surface area contributed by atoms with Gasteiger partial charge in [-0.1, -0.05) is 23.7 Å². The smallest absolute Gasteiger partial charge is 0.326 e. The molecular formula is C11H8ClF3N2S. The van der Waals surface area contributed by atoms with Gasteiger partial charge >= 0.3 is 6.18 Å². The third kappa shape index (κ3) is 2.66. The second-order valence-corrected chi connectivity index (χ2v) is 4.98. The SMILES string of the molecule is NCc1ccc(-c2cnc(C(F)(F)F)s2)cc1Cl. The normalized spacial score (nSPS) is 11.8. The zero-order chi connectivity index (χ0) is 13.3. The first-order chi connectivity index (χ1) is 8.41. The van der Waals surface area contributed by atoms with E-state index in [0.717, 1.165) is 5.56 Å². The molecule has 2 aromatic rings. The van der Waals surface area contributed by atoms with Crippen LogP contribution in [0.15, 0.2) is 24.4 Å². The quantitative estimate of drug-likeness (QED) is 0.910. The van der Waals surface area contributed by atoms with Crippen LogP contribution in [0.1, 0.15) is 10.6 Å².